The smallest absolute Gasteiger partial charge is 0.239 e. The average molecular weight is 568 g/mol. The van der Waals surface area contributed by atoms with Crippen molar-refractivity contribution in [1.82, 2.24) is 38.3 Å². The van der Waals surface area contributed by atoms with Crippen molar-refractivity contribution in [2.45, 2.75) is 39.3 Å². The molecule has 2 aliphatic heterocycles. The van der Waals surface area contributed by atoms with Crippen LogP contribution in [0.2, 0.25) is 0 Å². The fourth-order valence-electron chi connectivity index (χ4n) is 5.75. The molecule has 214 valence electrons. The summed E-state index contributed by atoms with van der Waals surface area (Å²) in [5.74, 6) is 3.15. The Bertz CT molecular complexity index is 1670. The van der Waals surface area contributed by atoms with E-state index in [0.29, 0.717) is 45.3 Å². The summed E-state index contributed by atoms with van der Waals surface area (Å²) >= 11 is 0. The van der Waals surface area contributed by atoms with Gasteiger partial charge in [0.05, 0.1) is 37.0 Å². The highest BCUT2D eigenvalue weighted by molar-refractivity contribution is 7.88. The molecule has 40 heavy (non-hydrogen) atoms. The van der Waals surface area contributed by atoms with Crippen molar-refractivity contribution in [2.75, 3.05) is 57.1 Å². The molecule has 0 N–H and O–H groups in total. The Labute approximate surface area is 234 Å². The summed E-state index contributed by atoms with van der Waals surface area (Å²) in [6.45, 7) is 11.1. The van der Waals surface area contributed by atoms with Crippen LogP contribution in [0.3, 0.4) is 0 Å². The van der Waals surface area contributed by atoms with Gasteiger partial charge in [-0.2, -0.15) is 14.3 Å². The second-order valence-electron chi connectivity index (χ2n) is 11.2. The Kier molecular flexibility index (Phi) is 6.80. The van der Waals surface area contributed by atoms with Gasteiger partial charge in [0.25, 0.3) is 0 Å². The van der Waals surface area contributed by atoms with Gasteiger partial charge in [-0.05, 0) is 26.0 Å². The molecule has 2 saturated heterocycles. The number of nitrogens with zero attached hydrogens (tertiary/aromatic N) is 9. The average Bonchev–Trinajstić information content (AvgIpc) is 3.46. The van der Waals surface area contributed by atoms with E-state index in [-0.39, 0.29) is 5.54 Å². The molecule has 4 aromatic rings. The first-order valence-corrected chi connectivity index (χ1v) is 15.6. The highest BCUT2D eigenvalue weighted by Gasteiger charge is 2.38. The van der Waals surface area contributed by atoms with E-state index in [1.54, 1.807) is 4.31 Å². The van der Waals surface area contributed by atoms with Gasteiger partial charge in [0.15, 0.2) is 17.0 Å². The number of rotatable bonds is 6. The van der Waals surface area contributed by atoms with Crippen LogP contribution in [0.1, 0.15) is 32.4 Å². The van der Waals surface area contributed by atoms with E-state index in [2.05, 4.69) is 41.2 Å². The number of aryl methyl sites for hydroxylation is 2. The number of imidazole rings is 2. The van der Waals surface area contributed by atoms with Gasteiger partial charge >= 0.3 is 0 Å². The number of para-hydroxylation sites is 2. The zero-order valence-electron chi connectivity index (χ0n) is 23.8. The first-order valence-electron chi connectivity index (χ1n) is 13.8. The molecule has 13 heteroatoms. The largest absolute Gasteiger partial charge is 0.378 e. The molecule has 1 aromatic carbocycles. The third-order valence-corrected chi connectivity index (χ3v) is 9.33. The van der Waals surface area contributed by atoms with E-state index in [1.807, 2.05) is 29.8 Å². The molecule has 6 rings (SSSR count). The maximum atomic E-state index is 12.2. The minimum Gasteiger partial charge on any atom is -0.378 e. The monoisotopic (exact) mass is 567 g/mol. The Balaban J connectivity index is 1.45. The molecule has 0 saturated carbocycles. The summed E-state index contributed by atoms with van der Waals surface area (Å²) in [6, 6.07) is 8.07. The van der Waals surface area contributed by atoms with Crippen LogP contribution >= 0.6 is 0 Å². The van der Waals surface area contributed by atoms with Crippen molar-refractivity contribution in [3.05, 3.63) is 35.9 Å². The van der Waals surface area contributed by atoms with Crippen LogP contribution in [0.4, 0.5) is 5.82 Å². The summed E-state index contributed by atoms with van der Waals surface area (Å²) < 4.78 is 35.7. The molecule has 0 atom stereocenters. The van der Waals surface area contributed by atoms with Crippen molar-refractivity contribution in [2.24, 2.45) is 7.05 Å². The maximum Gasteiger partial charge on any atom is 0.239 e. The topological polar surface area (TPSA) is 115 Å². The Morgan fingerprint density at radius 2 is 1.73 bits per heavy atom. The predicted octanol–water partition coefficient (Wildman–Crippen LogP) is 1.96. The van der Waals surface area contributed by atoms with Gasteiger partial charge in [-0.15, -0.1) is 0 Å². The van der Waals surface area contributed by atoms with Crippen LogP contribution in [0.5, 0.6) is 0 Å². The van der Waals surface area contributed by atoms with E-state index in [0.717, 1.165) is 59.2 Å². The quantitative estimate of drug-likeness (QED) is 0.345. The highest BCUT2D eigenvalue weighted by Crippen LogP contribution is 2.30. The van der Waals surface area contributed by atoms with Gasteiger partial charge in [0, 0.05) is 51.7 Å². The van der Waals surface area contributed by atoms with Gasteiger partial charge in [-0.25, -0.2) is 18.4 Å². The third kappa shape index (κ3) is 4.74. The molecule has 0 bridgehead atoms. The maximum absolute atomic E-state index is 12.2. The lowest BCUT2D eigenvalue weighted by Gasteiger charge is -2.46. The SMILES string of the molecule is CCc1nc2ccccc2n1-c1nc(N2CCOCC2)c2nc(CN3CCN(S(C)(=O)=O)CC3(C)C)n(C)c2n1. The first-order chi connectivity index (χ1) is 19.1. The third-order valence-electron chi connectivity index (χ3n) is 8.08. The molecule has 0 radical (unpaired) electrons. The van der Waals surface area contributed by atoms with Crippen LogP contribution in [0.25, 0.3) is 28.1 Å². The normalized spacial score (nSPS) is 19.2. The van der Waals surface area contributed by atoms with E-state index < -0.39 is 10.0 Å². The number of hydrogen-bond acceptors (Lipinski definition) is 9. The number of aromatic nitrogens is 6. The highest BCUT2D eigenvalue weighted by atomic mass is 32.2. The van der Waals surface area contributed by atoms with Crippen molar-refractivity contribution in [3.63, 3.8) is 0 Å². The predicted molar refractivity (Wildman–Crippen MR) is 154 cm³/mol. The van der Waals surface area contributed by atoms with Gasteiger partial charge in [0.1, 0.15) is 11.6 Å². The van der Waals surface area contributed by atoms with E-state index in [1.165, 1.54) is 6.26 Å². The second kappa shape index (κ2) is 10.1. The zero-order chi connectivity index (χ0) is 28.2. The van der Waals surface area contributed by atoms with Crippen molar-refractivity contribution in [3.8, 4) is 5.95 Å². The molecule has 12 nitrogen and oxygen atoms in total. The second-order valence-corrected chi connectivity index (χ2v) is 13.2. The summed E-state index contributed by atoms with van der Waals surface area (Å²) in [6.07, 6.45) is 2.02. The molecule has 2 fully saturated rings. The van der Waals surface area contributed by atoms with Crippen LogP contribution in [-0.4, -0.2) is 104 Å². The van der Waals surface area contributed by atoms with Gasteiger partial charge in [-0.3, -0.25) is 9.47 Å². The lowest BCUT2D eigenvalue weighted by Crippen LogP contribution is -2.59. The Morgan fingerprint density at radius 3 is 2.42 bits per heavy atom. The molecule has 0 spiro atoms. The number of ether oxygens (including phenoxy) is 1. The standard InChI is InChI=1S/C27H37N9O3S/c1-6-21-28-19-9-7-8-10-20(19)36(21)26-30-24-23(25(31-26)33-13-15-39-16-14-33)29-22(32(24)4)17-34-11-12-35(40(5,37)38)18-27(34,2)3/h7-10H,6,11-18H2,1-5H3. The lowest BCUT2D eigenvalue weighted by atomic mass is 10.0. The number of hydrogen-bond donors (Lipinski definition) is 0. The molecular weight excluding hydrogens is 530 g/mol. The van der Waals surface area contributed by atoms with Crippen molar-refractivity contribution >= 4 is 38.0 Å². The van der Waals surface area contributed by atoms with Crippen LogP contribution in [0.15, 0.2) is 24.3 Å². The Hall–Kier alpha value is -3.13. The summed E-state index contributed by atoms with van der Waals surface area (Å²) in [5.41, 5.74) is 3.05. The van der Waals surface area contributed by atoms with Crippen molar-refractivity contribution in [1.29, 1.82) is 0 Å². The number of sulfonamides is 1. The molecule has 3 aromatic heterocycles. The van der Waals surface area contributed by atoms with Crippen molar-refractivity contribution < 1.29 is 13.2 Å². The van der Waals surface area contributed by atoms with E-state index in [9.17, 15) is 8.42 Å². The number of fused-ring (bicyclic) bond motifs is 2. The van der Waals surface area contributed by atoms with E-state index >= 15 is 0 Å². The zero-order valence-corrected chi connectivity index (χ0v) is 24.6. The first kappa shape index (κ1) is 27.1. The van der Waals surface area contributed by atoms with Crippen LogP contribution < -0.4 is 4.90 Å². The Morgan fingerprint density at radius 1 is 0.975 bits per heavy atom. The molecule has 2 aliphatic rings. The van der Waals surface area contributed by atoms with Gasteiger partial charge in [-0.1, -0.05) is 19.1 Å². The molecule has 0 unspecified atom stereocenters. The summed E-state index contributed by atoms with van der Waals surface area (Å²) in [5, 5.41) is 0. The lowest BCUT2D eigenvalue weighted by molar-refractivity contribution is 0.0448. The van der Waals surface area contributed by atoms with Crippen LogP contribution in [-0.2, 0) is 34.8 Å². The number of piperazine rings is 1. The van der Waals surface area contributed by atoms with E-state index in [4.69, 9.17) is 24.7 Å². The van der Waals surface area contributed by atoms with Crippen LogP contribution in [0, 0.1) is 0 Å². The minimum atomic E-state index is -3.24. The summed E-state index contributed by atoms with van der Waals surface area (Å²) in [7, 11) is -1.25. The molecule has 0 amide bonds. The fourth-order valence-corrected chi connectivity index (χ4v) is 6.71. The number of benzene rings is 1. The molecule has 5 heterocycles. The minimum absolute atomic E-state index is 0.352. The summed E-state index contributed by atoms with van der Waals surface area (Å²) in [4.78, 5) is 24.7. The van der Waals surface area contributed by atoms with Gasteiger partial charge < -0.3 is 14.2 Å². The van der Waals surface area contributed by atoms with Gasteiger partial charge in [0.2, 0.25) is 16.0 Å². The number of anilines is 1. The molecule has 0 aliphatic carbocycles. The molecular formula is C27H37N9O3S. The fraction of sp³-hybridized carbons (Fsp3) is 0.556. The number of morpholine rings is 1.